The molecule has 0 spiro atoms. The van der Waals surface area contributed by atoms with E-state index in [0.29, 0.717) is 19.3 Å². The molecule has 0 rings (SSSR count). The van der Waals surface area contributed by atoms with Gasteiger partial charge in [-0.25, -0.2) is 9.13 Å². The van der Waals surface area contributed by atoms with Crippen LogP contribution in [-0.2, 0) is 55.8 Å². The lowest BCUT2D eigenvalue weighted by molar-refractivity contribution is -0.161. The van der Waals surface area contributed by atoms with E-state index < -0.39 is 91.5 Å². The number of phosphoric acid groups is 2. The van der Waals surface area contributed by atoms with Crippen LogP contribution in [0.25, 0.3) is 0 Å². The SMILES string of the molecule is CCCCC/C=C\C/C=C\C/C=C\C/C=C\CCCCCCCCCCCCCCCCCCCCCC(=O)OCC(O)COP(=O)(O)OCC(O)COP(=O)(O)OCC(COC(=O)CCCCCCC/C=C\C/C=C\C/C=C\C/C=C\CCCCC)OC(=O)CCCCCCCC/C=C\C/C=C\C/C=C\CCCCC. The number of unbranched alkanes of at least 4 members (excludes halogenated alkanes) is 39. The number of hydrogen-bond acceptors (Lipinski definition) is 14. The number of allylic oxidation sites excluding steroid dienone is 22. The van der Waals surface area contributed by atoms with Crippen LogP contribution < -0.4 is 0 Å². The molecule has 4 N–H and O–H groups in total. The number of carbonyl (C=O) groups excluding carboxylic acids is 3. The van der Waals surface area contributed by atoms with E-state index in [2.05, 4.69) is 154 Å². The molecule has 640 valence electrons. The third kappa shape index (κ3) is 86.4. The molecule has 0 aliphatic carbocycles. The van der Waals surface area contributed by atoms with E-state index in [0.717, 1.165) is 148 Å². The molecule has 0 aliphatic rings. The normalized spacial score (nSPS) is 14.5. The summed E-state index contributed by atoms with van der Waals surface area (Å²) in [6.07, 6.45) is 105. The van der Waals surface area contributed by atoms with E-state index in [9.17, 15) is 43.5 Å². The van der Waals surface area contributed by atoms with Crippen molar-refractivity contribution in [3.8, 4) is 0 Å². The molecule has 0 aliphatic heterocycles. The summed E-state index contributed by atoms with van der Waals surface area (Å²) < 4.78 is 61.3. The fourth-order valence-corrected chi connectivity index (χ4v) is 13.6. The number of aliphatic hydroxyl groups excluding tert-OH is 2. The minimum absolute atomic E-state index is 0.0833. The smallest absolute Gasteiger partial charge is 0.463 e. The average Bonchev–Trinajstić information content (AvgIpc) is 0.901. The number of carbonyl (C=O) groups is 3. The quantitative estimate of drug-likeness (QED) is 0.0146. The highest BCUT2D eigenvalue weighted by Gasteiger charge is 2.29. The van der Waals surface area contributed by atoms with Crippen molar-refractivity contribution >= 4 is 33.6 Å². The number of rotatable bonds is 84. The second kappa shape index (κ2) is 85.1. The van der Waals surface area contributed by atoms with Crippen molar-refractivity contribution in [1.29, 1.82) is 0 Å². The highest BCUT2D eigenvalue weighted by molar-refractivity contribution is 7.47. The number of aliphatic hydroxyl groups is 2. The molecule has 5 unspecified atom stereocenters. The van der Waals surface area contributed by atoms with Gasteiger partial charge in [-0.3, -0.25) is 32.5 Å². The predicted molar refractivity (Wildman–Crippen MR) is 463 cm³/mol. The lowest BCUT2D eigenvalue weighted by atomic mass is 10.0. The largest absolute Gasteiger partial charge is 0.472 e. The molecular formula is C93H162O16P2. The van der Waals surface area contributed by atoms with Gasteiger partial charge in [-0.2, -0.15) is 0 Å². The van der Waals surface area contributed by atoms with Crippen molar-refractivity contribution in [3.63, 3.8) is 0 Å². The first-order valence-corrected chi connectivity index (χ1v) is 47.5. The average molecular weight is 1600 g/mol. The molecule has 0 aromatic rings. The Morgan fingerprint density at radius 3 is 0.712 bits per heavy atom. The van der Waals surface area contributed by atoms with Crippen molar-refractivity contribution in [2.24, 2.45) is 0 Å². The zero-order chi connectivity index (χ0) is 80.8. The van der Waals surface area contributed by atoms with Crippen molar-refractivity contribution in [1.82, 2.24) is 0 Å². The van der Waals surface area contributed by atoms with Crippen LogP contribution in [0.2, 0.25) is 0 Å². The Morgan fingerprint density at radius 1 is 0.252 bits per heavy atom. The summed E-state index contributed by atoms with van der Waals surface area (Å²) in [5, 5.41) is 20.7. The Morgan fingerprint density at radius 2 is 0.450 bits per heavy atom. The van der Waals surface area contributed by atoms with Crippen molar-refractivity contribution in [2.75, 3.05) is 39.6 Å². The molecule has 0 heterocycles. The van der Waals surface area contributed by atoms with Crippen molar-refractivity contribution in [3.05, 3.63) is 134 Å². The van der Waals surface area contributed by atoms with Crippen LogP contribution in [0.4, 0.5) is 0 Å². The van der Waals surface area contributed by atoms with Crippen molar-refractivity contribution in [2.45, 2.75) is 399 Å². The topological polar surface area (TPSA) is 231 Å². The summed E-state index contributed by atoms with van der Waals surface area (Å²) in [4.78, 5) is 58.8. The van der Waals surface area contributed by atoms with E-state index in [1.165, 1.54) is 173 Å². The maximum Gasteiger partial charge on any atom is 0.472 e. The third-order valence-electron chi connectivity index (χ3n) is 18.8. The Kier molecular flexibility index (Phi) is 81.8. The van der Waals surface area contributed by atoms with Crippen LogP contribution in [0.5, 0.6) is 0 Å². The molecule has 0 radical (unpaired) electrons. The third-order valence-corrected chi connectivity index (χ3v) is 20.7. The molecule has 5 atom stereocenters. The van der Waals surface area contributed by atoms with Crippen LogP contribution in [0.15, 0.2) is 134 Å². The van der Waals surface area contributed by atoms with E-state index in [-0.39, 0.29) is 19.3 Å². The fraction of sp³-hybridized carbons (Fsp3) is 0.731. The first kappa shape index (κ1) is 107. The standard InChI is InChI=1S/C93H162O16P2/c1-4-7-10-13-16-19-22-25-28-31-34-36-37-38-39-40-41-42-43-44-45-46-47-48-49-51-54-55-58-61-64-67-70-73-76-79-91(96)103-82-88(94)83-105-110(99,100)106-84-89(95)85-107-111(101,102)108-87-90(109-93(98)81-78-75-72-69-66-63-60-57-52-33-30-27-24-21-18-15-12-9-6-3)86-104-92(97)80-77-74-71-68-65-62-59-56-53-50-35-32-29-26-23-20-17-14-11-8-5-2/h16-21,25-30,34-36,38-39,50,52,56-57,59,88-90,94-95H,4-15,22-24,31-33,37,40-49,51,53-55,58,60-87H2,1-3H3,(H,99,100)(H,101,102)/b19-16-,20-17-,21-18-,28-25-,29-26-,30-27-,36-34-,39-38-,50-35-,57-52-,59-56-. The Hall–Kier alpha value is -4.31. The van der Waals surface area contributed by atoms with Crippen LogP contribution in [0.3, 0.4) is 0 Å². The lowest BCUT2D eigenvalue weighted by Crippen LogP contribution is -2.30. The summed E-state index contributed by atoms with van der Waals surface area (Å²) >= 11 is 0. The van der Waals surface area contributed by atoms with Gasteiger partial charge in [0.25, 0.3) is 0 Å². The van der Waals surface area contributed by atoms with Gasteiger partial charge in [0.15, 0.2) is 6.10 Å². The summed E-state index contributed by atoms with van der Waals surface area (Å²) in [5.74, 6) is -1.60. The summed E-state index contributed by atoms with van der Waals surface area (Å²) in [7, 11) is -9.81. The minimum atomic E-state index is -4.95. The van der Waals surface area contributed by atoms with Gasteiger partial charge < -0.3 is 34.2 Å². The molecule has 0 saturated carbocycles. The van der Waals surface area contributed by atoms with Gasteiger partial charge in [0.2, 0.25) is 0 Å². The van der Waals surface area contributed by atoms with Gasteiger partial charge in [0, 0.05) is 19.3 Å². The summed E-state index contributed by atoms with van der Waals surface area (Å²) in [5.41, 5.74) is 0. The molecule has 0 fully saturated rings. The van der Waals surface area contributed by atoms with Crippen LogP contribution >= 0.6 is 15.6 Å². The highest BCUT2D eigenvalue weighted by atomic mass is 31.2. The predicted octanol–water partition coefficient (Wildman–Crippen LogP) is 27.0. The van der Waals surface area contributed by atoms with Crippen LogP contribution in [-0.4, -0.2) is 95.9 Å². The maximum absolute atomic E-state index is 13.0. The summed E-state index contributed by atoms with van der Waals surface area (Å²) in [6.45, 7) is 2.60. The Bertz CT molecular complexity index is 2550. The number of phosphoric ester groups is 2. The van der Waals surface area contributed by atoms with Gasteiger partial charge in [0.1, 0.15) is 25.4 Å². The molecule has 0 aromatic heterocycles. The second-order valence-corrected chi connectivity index (χ2v) is 32.6. The minimum Gasteiger partial charge on any atom is -0.463 e. The maximum atomic E-state index is 13.0. The Labute approximate surface area is 677 Å². The Balaban J connectivity index is 4.49. The van der Waals surface area contributed by atoms with E-state index in [1.807, 2.05) is 0 Å². The van der Waals surface area contributed by atoms with Gasteiger partial charge in [-0.05, 0) is 148 Å². The van der Waals surface area contributed by atoms with Gasteiger partial charge in [-0.1, -0.05) is 347 Å². The van der Waals surface area contributed by atoms with Crippen LogP contribution in [0.1, 0.15) is 380 Å². The lowest BCUT2D eigenvalue weighted by Gasteiger charge is -2.21. The number of ether oxygens (including phenoxy) is 3. The second-order valence-electron chi connectivity index (χ2n) is 29.7. The zero-order valence-corrected chi connectivity index (χ0v) is 72.1. The monoisotopic (exact) mass is 1600 g/mol. The first-order valence-electron chi connectivity index (χ1n) is 44.5. The van der Waals surface area contributed by atoms with E-state index >= 15 is 0 Å². The number of hydrogen-bond donors (Lipinski definition) is 4. The molecule has 0 aromatic carbocycles. The molecule has 0 amide bonds. The number of esters is 3. The molecule has 0 saturated heterocycles. The molecular weight excluding hydrogens is 1430 g/mol. The van der Waals surface area contributed by atoms with Gasteiger partial charge in [0.05, 0.1) is 26.4 Å². The van der Waals surface area contributed by atoms with Gasteiger partial charge in [-0.15, -0.1) is 0 Å². The fourth-order valence-electron chi connectivity index (χ4n) is 12.0. The highest BCUT2D eigenvalue weighted by Crippen LogP contribution is 2.45. The summed E-state index contributed by atoms with van der Waals surface area (Å²) in [6, 6.07) is 0. The molecule has 18 heteroatoms. The van der Waals surface area contributed by atoms with Crippen molar-refractivity contribution < 1.29 is 75.8 Å². The molecule has 16 nitrogen and oxygen atoms in total. The first-order chi connectivity index (χ1) is 54.2. The molecule has 111 heavy (non-hydrogen) atoms. The zero-order valence-electron chi connectivity index (χ0n) is 70.4. The molecule has 0 bridgehead atoms. The van der Waals surface area contributed by atoms with E-state index in [1.54, 1.807) is 0 Å². The van der Waals surface area contributed by atoms with Crippen LogP contribution in [0, 0.1) is 0 Å². The van der Waals surface area contributed by atoms with Gasteiger partial charge >= 0.3 is 33.6 Å². The van der Waals surface area contributed by atoms with E-state index in [4.69, 9.17) is 32.3 Å².